The number of amides is 1. The zero-order chi connectivity index (χ0) is 19.7. The van der Waals surface area contributed by atoms with E-state index in [2.05, 4.69) is 5.32 Å². The lowest BCUT2D eigenvalue weighted by Gasteiger charge is -2.05. The Hall–Kier alpha value is -3.93. The minimum Gasteiger partial charge on any atom is -0.396 e. The molecule has 0 bridgehead atoms. The highest BCUT2D eigenvalue weighted by molar-refractivity contribution is 6.20. The van der Waals surface area contributed by atoms with Crippen molar-refractivity contribution in [2.75, 3.05) is 11.1 Å². The number of benzene rings is 2. The Bertz CT molecular complexity index is 1180. The van der Waals surface area contributed by atoms with Crippen molar-refractivity contribution in [3.63, 3.8) is 0 Å². The highest BCUT2D eigenvalue weighted by Gasteiger charge is 2.26. The van der Waals surface area contributed by atoms with E-state index >= 15 is 0 Å². The summed E-state index contributed by atoms with van der Waals surface area (Å²) in [6.07, 6.45) is 1.67. The van der Waals surface area contributed by atoms with Gasteiger partial charge in [0.25, 0.3) is 5.91 Å². The summed E-state index contributed by atoms with van der Waals surface area (Å²) >= 11 is 0. The molecule has 2 heterocycles. The van der Waals surface area contributed by atoms with E-state index in [1.807, 2.05) is 6.07 Å². The molecule has 2 aromatic carbocycles. The molecule has 1 amide bonds. The molecule has 0 aliphatic heterocycles. The number of anilines is 2. The molecule has 0 fully saturated rings. The average molecular weight is 373 g/mol. The van der Waals surface area contributed by atoms with Gasteiger partial charge in [-0.25, -0.2) is 4.39 Å². The summed E-state index contributed by atoms with van der Waals surface area (Å²) in [7, 11) is 0. The number of carbonyl (C=O) groups is 2. The fraction of sp³-hybridized carbons (Fsp3) is 0. The summed E-state index contributed by atoms with van der Waals surface area (Å²) in [5, 5.41) is 2.80. The molecule has 2 aromatic heterocycles. The van der Waals surface area contributed by atoms with Gasteiger partial charge in [-0.15, -0.1) is 0 Å². The van der Waals surface area contributed by atoms with E-state index in [0.717, 1.165) is 0 Å². The molecule has 4 rings (SSSR count). The number of hydrogen-bond acceptors (Lipinski definition) is 3. The second-order valence-corrected chi connectivity index (χ2v) is 6.25. The van der Waals surface area contributed by atoms with E-state index in [1.54, 1.807) is 53.1 Å². The molecule has 138 valence electrons. The number of pyridine rings is 1. The van der Waals surface area contributed by atoms with Crippen molar-refractivity contribution in [3.05, 3.63) is 102 Å². The number of nitrogen functional groups attached to an aromatic ring is 1. The maximum Gasteiger partial charge on any atom is 0.259 e. The van der Waals surface area contributed by atoms with Crippen molar-refractivity contribution in [3.8, 4) is 0 Å². The number of nitrogens with zero attached hydrogens (tertiary/aromatic N) is 1. The van der Waals surface area contributed by atoms with Crippen molar-refractivity contribution in [1.82, 2.24) is 4.40 Å². The second kappa shape index (κ2) is 7.00. The predicted octanol–water partition coefficient (Wildman–Crippen LogP) is 4.14. The lowest BCUT2D eigenvalue weighted by molar-refractivity contribution is 0.102. The first-order chi connectivity index (χ1) is 13.6. The summed E-state index contributed by atoms with van der Waals surface area (Å²) in [6.45, 7) is 0. The summed E-state index contributed by atoms with van der Waals surface area (Å²) in [5.74, 6) is -1.24. The molecule has 0 atom stereocenters. The Morgan fingerprint density at radius 1 is 0.893 bits per heavy atom. The average Bonchev–Trinajstić information content (AvgIpc) is 3.00. The van der Waals surface area contributed by atoms with Crippen LogP contribution in [0.15, 0.2) is 79.0 Å². The normalized spacial score (nSPS) is 10.8. The third-order valence-corrected chi connectivity index (χ3v) is 4.46. The van der Waals surface area contributed by atoms with Crippen LogP contribution >= 0.6 is 0 Å². The number of aromatic nitrogens is 1. The lowest BCUT2D eigenvalue weighted by atomic mass is 10.1. The molecular weight excluding hydrogens is 357 g/mol. The van der Waals surface area contributed by atoms with Crippen molar-refractivity contribution in [2.24, 2.45) is 0 Å². The maximum absolute atomic E-state index is 13.2. The molecule has 0 radical (unpaired) electrons. The highest BCUT2D eigenvalue weighted by Crippen LogP contribution is 2.29. The van der Waals surface area contributed by atoms with Crippen LogP contribution in [0.4, 0.5) is 15.8 Å². The van der Waals surface area contributed by atoms with Crippen LogP contribution in [0.3, 0.4) is 0 Å². The van der Waals surface area contributed by atoms with Gasteiger partial charge in [0.1, 0.15) is 11.5 Å². The Balaban J connectivity index is 1.83. The number of fused-ring (bicyclic) bond motifs is 1. The molecule has 0 aliphatic carbocycles. The molecule has 0 aliphatic rings. The van der Waals surface area contributed by atoms with Crippen LogP contribution in [0.5, 0.6) is 0 Å². The number of halogens is 1. The van der Waals surface area contributed by atoms with Crippen LogP contribution in [0.25, 0.3) is 5.52 Å². The van der Waals surface area contributed by atoms with Gasteiger partial charge in [0.2, 0.25) is 5.78 Å². The summed E-state index contributed by atoms with van der Waals surface area (Å²) < 4.78 is 14.8. The van der Waals surface area contributed by atoms with Gasteiger partial charge < -0.3 is 15.5 Å². The topological polar surface area (TPSA) is 76.6 Å². The van der Waals surface area contributed by atoms with Gasteiger partial charge in [-0.3, -0.25) is 9.59 Å². The second-order valence-electron chi connectivity index (χ2n) is 6.25. The Labute approximate surface area is 160 Å². The third kappa shape index (κ3) is 3.01. The van der Waals surface area contributed by atoms with E-state index < -0.39 is 17.5 Å². The molecule has 4 aromatic rings. The number of para-hydroxylation sites is 1. The SMILES string of the molecule is Nc1c(C(=O)Nc2ccccc2)c2ccccn2c1C(=O)c1ccc(F)cc1. The van der Waals surface area contributed by atoms with Gasteiger partial charge in [-0.05, 0) is 48.5 Å². The number of nitrogens with one attached hydrogen (secondary N) is 1. The van der Waals surface area contributed by atoms with Gasteiger partial charge in [0.15, 0.2) is 0 Å². The molecule has 0 unspecified atom stereocenters. The molecule has 0 saturated heterocycles. The van der Waals surface area contributed by atoms with Gasteiger partial charge in [0.05, 0.1) is 16.8 Å². The first-order valence-corrected chi connectivity index (χ1v) is 8.61. The zero-order valence-corrected chi connectivity index (χ0v) is 14.7. The maximum atomic E-state index is 13.2. The summed E-state index contributed by atoms with van der Waals surface area (Å²) in [6, 6.07) is 19.4. The van der Waals surface area contributed by atoms with E-state index in [1.165, 1.54) is 24.3 Å². The van der Waals surface area contributed by atoms with Crippen molar-refractivity contribution in [1.29, 1.82) is 0 Å². The van der Waals surface area contributed by atoms with Gasteiger partial charge >= 0.3 is 0 Å². The van der Waals surface area contributed by atoms with Crippen molar-refractivity contribution >= 4 is 28.6 Å². The minimum atomic E-state index is -0.438. The van der Waals surface area contributed by atoms with Gasteiger partial charge in [0, 0.05) is 17.4 Å². The fourth-order valence-corrected chi connectivity index (χ4v) is 3.15. The van der Waals surface area contributed by atoms with Crippen LogP contribution in [-0.2, 0) is 0 Å². The number of hydrogen-bond donors (Lipinski definition) is 2. The molecule has 0 spiro atoms. The smallest absolute Gasteiger partial charge is 0.259 e. The molecule has 3 N–H and O–H groups in total. The number of rotatable bonds is 4. The molecular formula is C22H16FN3O2. The summed E-state index contributed by atoms with van der Waals surface area (Å²) in [4.78, 5) is 25.9. The van der Waals surface area contributed by atoms with Gasteiger partial charge in [-0.2, -0.15) is 0 Å². The number of ketones is 1. The zero-order valence-electron chi connectivity index (χ0n) is 14.7. The van der Waals surface area contributed by atoms with Crippen molar-refractivity contribution in [2.45, 2.75) is 0 Å². The van der Waals surface area contributed by atoms with Crippen LogP contribution in [0.1, 0.15) is 26.4 Å². The van der Waals surface area contributed by atoms with Crippen LogP contribution in [0, 0.1) is 5.82 Å². The number of nitrogens with two attached hydrogens (primary N) is 1. The van der Waals surface area contributed by atoms with E-state index in [9.17, 15) is 14.0 Å². The molecule has 5 nitrogen and oxygen atoms in total. The Morgan fingerprint density at radius 3 is 2.29 bits per heavy atom. The first kappa shape index (κ1) is 17.5. The fourth-order valence-electron chi connectivity index (χ4n) is 3.15. The monoisotopic (exact) mass is 373 g/mol. The van der Waals surface area contributed by atoms with Gasteiger partial charge in [-0.1, -0.05) is 24.3 Å². The number of carbonyl (C=O) groups excluding carboxylic acids is 2. The molecule has 6 heteroatoms. The van der Waals surface area contributed by atoms with E-state index in [4.69, 9.17) is 5.73 Å². The van der Waals surface area contributed by atoms with Crippen LogP contribution in [0.2, 0.25) is 0 Å². The van der Waals surface area contributed by atoms with Crippen LogP contribution < -0.4 is 11.1 Å². The first-order valence-electron chi connectivity index (χ1n) is 8.61. The van der Waals surface area contributed by atoms with E-state index in [-0.39, 0.29) is 22.5 Å². The quantitative estimate of drug-likeness (QED) is 0.528. The van der Waals surface area contributed by atoms with Crippen LogP contribution in [-0.4, -0.2) is 16.1 Å². The largest absolute Gasteiger partial charge is 0.396 e. The highest BCUT2D eigenvalue weighted by atomic mass is 19.1. The van der Waals surface area contributed by atoms with Crippen molar-refractivity contribution < 1.29 is 14.0 Å². The Kier molecular flexibility index (Phi) is 4.37. The molecule has 28 heavy (non-hydrogen) atoms. The third-order valence-electron chi connectivity index (χ3n) is 4.46. The summed E-state index contributed by atoms with van der Waals surface area (Å²) in [5.41, 5.74) is 8.14. The lowest BCUT2D eigenvalue weighted by Crippen LogP contribution is -2.14. The standard InChI is InChI=1S/C22H16FN3O2/c23-15-11-9-14(10-12-15)21(27)20-19(24)18(17-8-4-5-13-26(17)20)22(28)25-16-6-2-1-3-7-16/h1-13H,24H2,(H,25,28). The van der Waals surface area contributed by atoms with E-state index in [0.29, 0.717) is 11.2 Å². The minimum absolute atomic E-state index is 0.0777. The predicted molar refractivity (Wildman–Crippen MR) is 106 cm³/mol. The molecule has 0 saturated carbocycles. The Morgan fingerprint density at radius 2 is 1.57 bits per heavy atom.